The van der Waals surface area contributed by atoms with Gasteiger partial charge in [-0.15, -0.1) is 0 Å². The summed E-state index contributed by atoms with van der Waals surface area (Å²) in [5.74, 6) is 0.574. The van der Waals surface area contributed by atoms with Gasteiger partial charge in [0, 0.05) is 18.6 Å². The number of nitrogens with zero attached hydrogens (tertiary/aromatic N) is 1. The highest BCUT2D eigenvalue weighted by Gasteiger charge is 2.19. The highest BCUT2D eigenvalue weighted by molar-refractivity contribution is 6.30. The number of hydrogen-bond acceptors (Lipinski definition) is 2. The second-order valence-electron chi connectivity index (χ2n) is 5.39. The van der Waals surface area contributed by atoms with Crippen molar-refractivity contribution in [2.24, 2.45) is 0 Å². The molecular weight excluding hydrogens is 298 g/mol. The fourth-order valence-corrected chi connectivity index (χ4v) is 2.25. The van der Waals surface area contributed by atoms with Gasteiger partial charge >= 0.3 is 0 Å². The van der Waals surface area contributed by atoms with E-state index in [2.05, 4.69) is 0 Å². The van der Waals surface area contributed by atoms with Crippen LogP contribution in [0.25, 0.3) is 0 Å². The summed E-state index contributed by atoms with van der Waals surface area (Å²) in [4.78, 5) is 14.0. The van der Waals surface area contributed by atoms with Crippen LogP contribution in [0.4, 0.5) is 0 Å². The molecule has 0 fully saturated rings. The van der Waals surface area contributed by atoms with E-state index >= 15 is 0 Å². The highest BCUT2D eigenvalue weighted by atomic mass is 35.5. The minimum atomic E-state index is -0.545. The molecule has 0 spiro atoms. The van der Waals surface area contributed by atoms with Crippen molar-refractivity contribution in [1.29, 1.82) is 0 Å². The van der Waals surface area contributed by atoms with Gasteiger partial charge in [0.2, 0.25) is 0 Å². The molecule has 0 aromatic heterocycles. The van der Waals surface area contributed by atoms with E-state index in [0.29, 0.717) is 17.3 Å². The van der Waals surface area contributed by atoms with Crippen molar-refractivity contribution < 1.29 is 9.53 Å². The van der Waals surface area contributed by atoms with E-state index in [9.17, 15) is 4.79 Å². The summed E-state index contributed by atoms with van der Waals surface area (Å²) in [6.07, 6.45) is -0.545. The van der Waals surface area contributed by atoms with Crippen LogP contribution in [0.15, 0.2) is 48.5 Å². The highest BCUT2D eigenvalue weighted by Crippen LogP contribution is 2.17. The summed E-state index contributed by atoms with van der Waals surface area (Å²) >= 11 is 5.83. The number of aryl methyl sites for hydroxylation is 1. The third-order valence-corrected chi connectivity index (χ3v) is 3.64. The molecule has 0 N–H and O–H groups in total. The number of carbonyl (C=O) groups is 1. The Morgan fingerprint density at radius 2 is 1.73 bits per heavy atom. The van der Waals surface area contributed by atoms with Gasteiger partial charge in [0.15, 0.2) is 6.10 Å². The van der Waals surface area contributed by atoms with Crippen molar-refractivity contribution in [3.63, 3.8) is 0 Å². The lowest BCUT2D eigenvalue weighted by atomic mass is 10.1. The van der Waals surface area contributed by atoms with E-state index in [0.717, 1.165) is 5.56 Å². The maximum Gasteiger partial charge on any atom is 0.263 e. The first-order valence-corrected chi connectivity index (χ1v) is 7.56. The maximum absolute atomic E-state index is 12.4. The molecule has 2 aromatic rings. The largest absolute Gasteiger partial charge is 0.481 e. The Morgan fingerprint density at radius 1 is 1.14 bits per heavy atom. The summed E-state index contributed by atoms with van der Waals surface area (Å²) in [5, 5.41) is 0.641. The average molecular weight is 318 g/mol. The van der Waals surface area contributed by atoms with Crippen molar-refractivity contribution >= 4 is 17.5 Å². The van der Waals surface area contributed by atoms with E-state index in [-0.39, 0.29) is 5.91 Å². The lowest BCUT2D eigenvalue weighted by Crippen LogP contribution is -2.37. The minimum Gasteiger partial charge on any atom is -0.481 e. The number of halogens is 1. The topological polar surface area (TPSA) is 29.5 Å². The van der Waals surface area contributed by atoms with Crippen LogP contribution < -0.4 is 4.74 Å². The van der Waals surface area contributed by atoms with Crippen LogP contribution in [0, 0.1) is 6.92 Å². The van der Waals surface area contributed by atoms with E-state index < -0.39 is 6.10 Å². The predicted octanol–water partition coefficient (Wildman–Crippen LogP) is 4.07. The number of benzene rings is 2. The zero-order chi connectivity index (χ0) is 16.1. The molecule has 0 radical (unpaired) electrons. The molecule has 3 nitrogen and oxygen atoms in total. The molecule has 2 aromatic carbocycles. The van der Waals surface area contributed by atoms with Crippen LogP contribution >= 0.6 is 11.6 Å². The first-order valence-electron chi connectivity index (χ1n) is 7.18. The van der Waals surface area contributed by atoms with Crippen molar-refractivity contribution in [2.75, 3.05) is 7.05 Å². The molecule has 0 heterocycles. The van der Waals surface area contributed by atoms with Gasteiger partial charge in [-0.25, -0.2) is 0 Å². The molecule has 4 heteroatoms. The first kappa shape index (κ1) is 16.4. The molecule has 116 valence electrons. The molecule has 0 aliphatic heterocycles. The van der Waals surface area contributed by atoms with Gasteiger partial charge < -0.3 is 9.64 Å². The van der Waals surface area contributed by atoms with Gasteiger partial charge in [-0.3, -0.25) is 4.79 Å². The van der Waals surface area contributed by atoms with Crippen molar-refractivity contribution in [2.45, 2.75) is 26.5 Å². The summed E-state index contributed by atoms with van der Waals surface area (Å²) in [6.45, 7) is 4.36. The quantitative estimate of drug-likeness (QED) is 0.831. The number of ether oxygens (including phenoxy) is 1. The number of carbonyl (C=O) groups excluding carboxylic acids is 1. The van der Waals surface area contributed by atoms with Crippen LogP contribution in [0.5, 0.6) is 5.75 Å². The van der Waals surface area contributed by atoms with Gasteiger partial charge in [0.1, 0.15) is 5.75 Å². The predicted molar refractivity (Wildman–Crippen MR) is 89.2 cm³/mol. The fourth-order valence-electron chi connectivity index (χ4n) is 2.12. The molecule has 0 saturated heterocycles. The Balaban J connectivity index is 1.94. The number of likely N-dealkylation sites (N-methyl/N-ethyl adjacent to an activating group) is 1. The minimum absolute atomic E-state index is 0.0597. The van der Waals surface area contributed by atoms with E-state index in [4.69, 9.17) is 16.3 Å². The summed E-state index contributed by atoms with van der Waals surface area (Å²) in [7, 11) is 1.78. The van der Waals surface area contributed by atoms with Crippen LogP contribution in [0.1, 0.15) is 18.1 Å². The molecule has 2 rings (SSSR count). The lowest BCUT2D eigenvalue weighted by molar-refractivity contribution is -0.137. The monoisotopic (exact) mass is 317 g/mol. The number of amides is 1. The zero-order valence-electron chi connectivity index (χ0n) is 13.0. The SMILES string of the molecule is Cc1ccc(CN(C)C(=O)[C@@H](C)Oc2ccc(Cl)cc2)cc1. The average Bonchev–Trinajstić information content (AvgIpc) is 2.51. The van der Waals surface area contributed by atoms with Crippen molar-refractivity contribution in [3.05, 3.63) is 64.7 Å². The Bertz CT molecular complexity index is 567. The fraction of sp³-hybridized carbons (Fsp3) is 0.278. The molecule has 0 bridgehead atoms. The normalized spacial score (nSPS) is 11.8. The van der Waals surface area contributed by atoms with Gasteiger partial charge in [-0.05, 0) is 43.7 Å². The lowest BCUT2D eigenvalue weighted by Gasteiger charge is -2.22. The summed E-state index contributed by atoms with van der Waals surface area (Å²) in [6, 6.07) is 15.1. The Labute approximate surface area is 136 Å². The molecule has 1 amide bonds. The molecule has 22 heavy (non-hydrogen) atoms. The van der Waals surface area contributed by atoms with E-state index in [1.807, 2.05) is 31.2 Å². The number of hydrogen-bond donors (Lipinski definition) is 0. The van der Waals surface area contributed by atoms with Gasteiger partial charge in [-0.2, -0.15) is 0 Å². The van der Waals surface area contributed by atoms with Crippen LogP contribution in [0.2, 0.25) is 5.02 Å². The van der Waals surface area contributed by atoms with Crippen molar-refractivity contribution in [1.82, 2.24) is 4.90 Å². The third-order valence-electron chi connectivity index (χ3n) is 3.39. The molecular formula is C18H20ClNO2. The van der Waals surface area contributed by atoms with Gasteiger partial charge in [0.25, 0.3) is 5.91 Å². The van der Waals surface area contributed by atoms with Gasteiger partial charge in [0.05, 0.1) is 0 Å². The molecule has 1 atom stereocenters. The Morgan fingerprint density at radius 3 is 2.32 bits per heavy atom. The Hall–Kier alpha value is -2.00. The van der Waals surface area contributed by atoms with Crippen molar-refractivity contribution in [3.8, 4) is 5.75 Å². The number of rotatable bonds is 5. The standard InChI is InChI=1S/C18H20ClNO2/c1-13-4-6-15(7-5-13)12-20(3)18(21)14(2)22-17-10-8-16(19)9-11-17/h4-11,14H,12H2,1-3H3/t14-/m1/s1. The summed E-state index contributed by atoms with van der Waals surface area (Å²) < 4.78 is 5.66. The third kappa shape index (κ3) is 4.50. The van der Waals surface area contributed by atoms with E-state index in [1.54, 1.807) is 43.1 Å². The second kappa shape index (κ2) is 7.32. The van der Waals surface area contributed by atoms with Crippen LogP contribution in [0.3, 0.4) is 0 Å². The Kier molecular flexibility index (Phi) is 5.45. The van der Waals surface area contributed by atoms with E-state index in [1.165, 1.54) is 5.56 Å². The van der Waals surface area contributed by atoms with Gasteiger partial charge in [-0.1, -0.05) is 41.4 Å². The smallest absolute Gasteiger partial charge is 0.263 e. The second-order valence-corrected chi connectivity index (χ2v) is 5.83. The molecule has 0 saturated carbocycles. The van der Waals surface area contributed by atoms with Crippen LogP contribution in [-0.2, 0) is 11.3 Å². The molecule has 0 unspecified atom stereocenters. The zero-order valence-corrected chi connectivity index (χ0v) is 13.8. The maximum atomic E-state index is 12.4. The van der Waals surface area contributed by atoms with Crippen LogP contribution in [-0.4, -0.2) is 24.0 Å². The first-order chi connectivity index (χ1) is 10.5. The summed E-state index contributed by atoms with van der Waals surface area (Å²) in [5.41, 5.74) is 2.30. The molecule has 0 aliphatic rings. The molecule has 0 aliphatic carbocycles.